The minimum Gasteiger partial charge on any atom is -0.394 e. The van der Waals surface area contributed by atoms with Gasteiger partial charge in [-0.15, -0.1) is 0 Å². The third-order valence-electron chi connectivity index (χ3n) is 6.88. The lowest BCUT2D eigenvalue weighted by Gasteiger charge is -2.47. The minimum absolute atomic E-state index is 0.137. The fraction of sp³-hybridized carbons (Fsp3) is 1.00. The molecule has 0 amide bonds. The number of hydrogen-bond donors (Lipinski definition) is 1. The highest BCUT2D eigenvalue weighted by Gasteiger charge is 2.36. The van der Waals surface area contributed by atoms with Gasteiger partial charge in [0.25, 0.3) is 0 Å². The predicted molar refractivity (Wildman–Crippen MR) is 103 cm³/mol. The van der Waals surface area contributed by atoms with Gasteiger partial charge in [0.2, 0.25) is 0 Å². The minimum atomic E-state index is 0.137. The zero-order valence-electron chi connectivity index (χ0n) is 16.2. The Balaban J connectivity index is 1.50. The van der Waals surface area contributed by atoms with Crippen LogP contribution in [0.3, 0.4) is 0 Å². The van der Waals surface area contributed by atoms with Crippen LogP contribution in [0.1, 0.15) is 64.2 Å². The smallest absolute Gasteiger partial charge is 0.0698 e. The normalized spacial score (nSPS) is 25.7. The van der Waals surface area contributed by atoms with Crippen molar-refractivity contribution < 1.29 is 9.84 Å². The Labute approximate surface area is 154 Å². The number of rotatable bonds is 8. The quantitative estimate of drug-likeness (QED) is 0.681. The highest BCUT2D eigenvalue weighted by atomic mass is 16.5. The van der Waals surface area contributed by atoms with E-state index in [9.17, 15) is 0 Å². The average Bonchev–Trinajstić information content (AvgIpc) is 2.68. The zero-order valence-corrected chi connectivity index (χ0v) is 16.2. The van der Waals surface area contributed by atoms with E-state index >= 15 is 0 Å². The highest BCUT2D eigenvalue weighted by molar-refractivity contribution is 4.90. The molecule has 146 valence electrons. The standard InChI is InChI=1S/C21H40N2O2/c24-16-18-25-17-15-22-11-13-23(14-12-22)21(19-7-3-1-4-8-19)20-9-5-2-6-10-20/h19-21,24H,1-18H2. The van der Waals surface area contributed by atoms with Gasteiger partial charge < -0.3 is 9.84 Å². The molecule has 2 aliphatic carbocycles. The molecule has 0 aromatic carbocycles. The average molecular weight is 353 g/mol. The predicted octanol–water partition coefficient (Wildman–Crippen LogP) is 3.14. The van der Waals surface area contributed by atoms with Crippen molar-refractivity contribution in [2.45, 2.75) is 70.3 Å². The first kappa shape index (κ1) is 19.6. The van der Waals surface area contributed by atoms with E-state index in [4.69, 9.17) is 9.84 Å². The molecule has 0 radical (unpaired) electrons. The highest BCUT2D eigenvalue weighted by Crippen LogP contribution is 2.38. The van der Waals surface area contributed by atoms with E-state index in [1.807, 2.05) is 0 Å². The van der Waals surface area contributed by atoms with Gasteiger partial charge in [-0.3, -0.25) is 9.80 Å². The van der Waals surface area contributed by atoms with Crippen LogP contribution in [0.4, 0.5) is 0 Å². The van der Waals surface area contributed by atoms with Crippen LogP contribution in [-0.2, 0) is 4.74 Å². The molecule has 3 rings (SSSR count). The van der Waals surface area contributed by atoms with Gasteiger partial charge in [-0.25, -0.2) is 0 Å². The van der Waals surface area contributed by atoms with Crippen molar-refractivity contribution in [3.63, 3.8) is 0 Å². The van der Waals surface area contributed by atoms with Crippen LogP contribution in [0.25, 0.3) is 0 Å². The summed E-state index contributed by atoms with van der Waals surface area (Å²) in [6, 6.07) is 0.869. The molecule has 0 aromatic heterocycles. The van der Waals surface area contributed by atoms with Crippen LogP contribution in [0.2, 0.25) is 0 Å². The maximum absolute atomic E-state index is 8.80. The molecule has 0 unspecified atom stereocenters. The SMILES string of the molecule is OCCOCCN1CCN(C(C2CCCCC2)C2CCCCC2)CC1. The van der Waals surface area contributed by atoms with Crippen molar-refractivity contribution in [1.82, 2.24) is 9.80 Å². The number of piperazine rings is 1. The van der Waals surface area contributed by atoms with Crippen LogP contribution in [0, 0.1) is 11.8 Å². The summed E-state index contributed by atoms with van der Waals surface area (Å²) >= 11 is 0. The molecule has 2 saturated carbocycles. The Morgan fingerprint density at radius 2 is 1.32 bits per heavy atom. The van der Waals surface area contributed by atoms with Crippen LogP contribution >= 0.6 is 0 Å². The molecule has 1 heterocycles. The first-order valence-corrected chi connectivity index (χ1v) is 11.0. The lowest BCUT2D eigenvalue weighted by Crippen LogP contribution is -2.55. The Hall–Kier alpha value is -0.160. The van der Waals surface area contributed by atoms with Crippen LogP contribution < -0.4 is 0 Å². The van der Waals surface area contributed by atoms with Crippen molar-refractivity contribution in [2.75, 3.05) is 52.5 Å². The number of ether oxygens (including phenoxy) is 1. The summed E-state index contributed by atoms with van der Waals surface area (Å²) in [5.74, 6) is 1.94. The topological polar surface area (TPSA) is 35.9 Å². The fourth-order valence-corrected chi connectivity index (χ4v) is 5.58. The lowest BCUT2D eigenvalue weighted by atomic mass is 9.73. The number of nitrogens with zero attached hydrogens (tertiary/aromatic N) is 2. The van der Waals surface area contributed by atoms with E-state index in [2.05, 4.69) is 9.80 Å². The Kier molecular flexibility index (Phi) is 8.51. The van der Waals surface area contributed by atoms with Gasteiger partial charge in [-0.2, -0.15) is 0 Å². The van der Waals surface area contributed by atoms with Gasteiger partial charge in [-0.1, -0.05) is 38.5 Å². The zero-order chi connectivity index (χ0) is 17.3. The van der Waals surface area contributed by atoms with Crippen LogP contribution in [0.15, 0.2) is 0 Å². The van der Waals surface area contributed by atoms with Crippen molar-refractivity contribution >= 4 is 0 Å². The molecular weight excluding hydrogens is 312 g/mol. The summed E-state index contributed by atoms with van der Waals surface area (Å²) in [4.78, 5) is 5.43. The second-order valence-electron chi connectivity index (χ2n) is 8.50. The fourth-order valence-electron chi connectivity index (χ4n) is 5.58. The maximum atomic E-state index is 8.80. The molecule has 25 heavy (non-hydrogen) atoms. The monoisotopic (exact) mass is 352 g/mol. The van der Waals surface area contributed by atoms with Gasteiger partial charge in [-0.05, 0) is 37.5 Å². The molecule has 0 aromatic rings. The first-order valence-electron chi connectivity index (χ1n) is 11.0. The maximum Gasteiger partial charge on any atom is 0.0698 e. The van der Waals surface area contributed by atoms with Gasteiger partial charge in [0.15, 0.2) is 0 Å². The number of aliphatic hydroxyl groups excluding tert-OH is 1. The van der Waals surface area contributed by atoms with Crippen molar-refractivity contribution in [2.24, 2.45) is 11.8 Å². The summed E-state index contributed by atoms with van der Waals surface area (Å²) in [5, 5.41) is 8.80. The van der Waals surface area contributed by atoms with E-state index in [-0.39, 0.29) is 6.61 Å². The van der Waals surface area contributed by atoms with E-state index in [0.717, 1.165) is 31.0 Å². The van der Waals surface area contributed by atoms with Gasteiger partial charge in [0, 0.05) is 38.8 Å². The van der Waals surface area contributed by atoms with E-state index in [1.54, 1.807) is 0 Å². The van der Waals surface area contributed by atoms with Gasteiger partial charge >= 0.3 is 0 Å². The largest absolute Gasteiger partial charge is 0.394 e. The van der Waals surface area contributed by atoms with Gasteiger partial charge in [0.1, 0.15) is 0 Å². The summed E-state index contributed by atoms with van der Waals surface area (Å²) in [5.41, 5.74) is 0. The molecule has 0 bridgehead atoms. The molecule has 1 N–H and O–H groups in total. The second-order valence-corrected chi connectivity index (χ2v) is 8.50. The summed E-state index contributed by atoms with van der Waals surface area (Å²) < 4.78 is 5.44. The molecule has 0 atom stereocenters. The summed E-state index contributed by atoms with van der Waals surface area (Å²) in [6.45, 7) is 7.27. The lowest BCUT2D eigenvalue weighted by molar-refractivity contribution is 0.00710. The molecule has 1 aliphatic heterocycles. The number of aliphatic hydroxyl groups is 1. The Bertz CT molecular complexity index is 328. The molecule has 0 spiro atoms. The second kappa shape index (κ2) is 10.9. The van der Waals surface area contributed by atoms with Crippen LogP contribution in [-0.4, -0.2) is 73.5 Å². The Morgan fingerprint density at radius 3 is 1.84 bits per heavy atom. The molecule has 4 nitrogen and oxygen atoms in total. The molecule has 1 saturated heterocycles. The summed E-state index contributed by atoms with van der Waals surface area (Å²) in [7, 11) is 0. The Morgan fingerprint density at radius 1 is 0.760 bits per heavy atom. The molecule has 3 aliphatic rings. The number of hydrogen-bond acceptors (Lipinski definition) is 4. The van der Waals surface area contributed by atoms with Crippen molar-refractivity contribution in [1.29, 1.82) is 0 Å². The third kappa shape index (κ3) is 5.92. The van der Waals surface area contributed by atoms with E-state index < -0.39 is 0 Å². The van der Waals surface area contributed by atoms with E-state index in [1.165, 1.54) is 90.4 Å². The van der Waals surface area contributed by atoms with Crippen molar-refractivity contribution in [3.05, 3.63) is 0 Å². The molecule has 3 fully saturated rings. The first-order chi connectivity index (χ1) is 12.4. The molecular formula is C21H40N2O2. The third-order valence-corrected chi connectivity index (χ3v) is 6.88. The molecule has 4 heteroatoms. The van der Waals surface area contributed by atoms with Gasteiger partial charge in [0.05, 0.1) is 19.8 Å². The van der Waals surface area contributed by atoms with E-state index in [0.29, 0.717) is 6.61 Å². The van der Waals surface area contributed by atoms with Crippen molar-refractivity contribution in [3.8, 4) is 0 Å². The summed E-state index contributed by atoms with van der Waals surface area (Å²) in [6.07, 6.45) is 14.7. The van der Waals surface area contributed by atoms with Crippen LogP contribution in [0.5, 0.6) is 0 Å².